The Balaban J connectivity index is 1.76. The van der Waals surface area contributed by atoms with E-state index in [0.29, 0.717) is 6.61 Å². The highest BCUT2D eigenvalue weighted by Crippen LogP contribution is 2.36. The summed E-state index contributed by atoms with van der Waals surface area (Å²) in [6.07, 6.45) is 6.67. The zero-order valence-corrected chi connectivity index (χ0v) is 19.3. The van der Waals surface area contributed by atoms with Crippen LogP contribution >= 0.6 is 11.6 Å². The molecule has 0 amide bonds. The molecule has 0 aliphatic carbocycles. The molecule has 1 aliphatic heterocycles. The molecular weight excluding hydrogens is 394 g/mol. The summed E-state index contributed by atoms with van der Waals surface area (Å²) in [5, 5.41) is 11.2. The Labute approximate surface area is 184 Å². The van der Waals surface area contributed by atoms with E-state index in [1.165, 1.54) is 35.2 Å². The van der Waals surface area contributed by atoms with Crippen molar-refractivity contribution in [2.24, 2.45) is 5.92 Å². The summed E-state index contributed by atoms with van der Waals surface area (Å²) >= 11 is 6.28. The van der Waals surface area contributed by atoms with Crippen molar-refractivity contribution in [3.05, 3.63) is 51.8 Å². The third-order valence-corrected chi connectivity index (χ3v) is 6.69. The van der Waals surface area contributed by atoms with Crippen molar-refractivity contribution in [1.29, 1.82) is 0 Å². The van der Waals surface area contributed by atoms with Gasteiger partial charge in [0.2, 0.25) is 0 Å². The maximum atomic E-state index is 9.13. The first kappa shape index (κ1) is 21.2. The Morgan fingerprint density at radius 2 is 1.70 bits per heavy atom. The SMILES string of the molecule is Cc1cc(N2CCC(CCCO)CC2)c2c(C)cn(-c3c(C)cc(Cl)cc3C)c2n1. The lowest BCUT2D eigenvalue weighted by Gasteiger charge is -2.34. The van der Waals surface area contributed by atoms with Crippen LogP contribution in [-0.4, -0.2) is 34.4 Å². The number of piperidine rings is 1. The van der Waals surface area contributed by atoms with Crippen LogP contribution in [0.5, 0.6) is 0 Å². The van der Waals surface area contributed by atoms with Gasteiger partial charge in [0.05, 0.1) is 5.69 Å². The van der Waals surface area contributed by atoms with Crippen LogP contribution in [-0.2, 0) is 0 Å². The predicted molar refractivity (Wildman–Crippen MR) is 126 cm³/mol. The highest BCUT2D eigenvalue weighted by atomic mass is 35.5. The van der Waals surface area contributed by atoms with E-state index < -0.39 is 0 Å². The molecule has 0 bridgehead atoms. The number of anilines is 1. The zero-order valence-electron chi connectivity index (χ0n) is 18.5. The molecule has 4 rings (SSSR count). The van der Waals surface area contributed by atoms with Gasteiger partial charge in [-0.05, 0) is 94.2 Å². The molecule has 2 aromatic heterocycles. The number of aliphatic hydroxyl groups is 1. The monoisotopic (exact) mass is 425 g/mol. The van der Waals surface area contributed by atoms with Gasteiger partial charge in [-0.15, -0.1) is 0 Å². The van der Waals surface area contributed by atoms with Crippen LogP contribution in [0.1, 0.15) is 48.1 Å². The predicted octanol–water partition coefficient (Wildman–Crippen LogP) is 5.90. The molecule has 4 nitrogen and oxygen atoms in total. The second kappa shape index (κ2) is 8.60. The van der Waals surface area contributed by atoms with E-state index in [1.807, 2.05) is 12.1 Å². The normalized spacial score (nSPS) is 15.3. The lowest BCUT2D eigenvalue weighted by molar-refractivity contribution is 0.261. The maximum absolute atomic E-state index is 9.13. The van der Waals surface area contributed by atoms with Gasteiger partial charge in [0.25, 0.3) is 0 Å². The molecule has 3 aromatic rings. The van der Waals surface area contributed by atoms with Crippen molar-refractivity contribution < 1.29 is 5.11 Å². The van der Waals surface area contributed by atoms with Crippen LogP contribution in [0.15, 0.2) is 24.4 Å². The van der Waals surface area contributed by atoms with Crippen molar-refractivity contribution in [1.82, 2.24) is 9.55 Å². The molecule has 1 aliphatic rings. The van der Waals surface area contributed by atoms with Crippen molar-refractivity contribution in [3.63, 3.8) is 0 Å². The number of hydrogen-bond acceptors (Lipinski definition) is 3. The Bertz CT molecular complexity index is 1040. The summed E-state index contributed by atoms with van der Waals surface area (Å²) in [5.41, 5.74) is 8.12. The van der Waals surface area contributed by atoms with Crippen molar-refractivity contribution in [2.75, 3.05) is 24.6 Å². The highest BCUT2D eigenvalue weighted by Gasteiger charge is 2.23. The molecule has 5 heteroatoms. The van der Waals surface area contributed by atoms with Gasteiger partial charge in [0, 0.05) is 47.7 Å². The standard InChI is InChI=1S/C25H32ClN3O/c1-16-12-21(26)13-17(2)24(16)29-15-18(3)23-22(14-19(4)27-25(23)29)28-9-7-20(8-10-28)6-5-11-30/h12-15,20,30H,5-11H2,1-4H3. The van der Waals surface area contributed by atoms with Gasteiger partial charge in [-0.3, -0.25) is 0 Å². The van der Waals surface area contributed by atoms with E-state index in [2.05, 4.69) is 49.4 Å². The summed E-state index contributed by atoms with van der Waals surface area (Å²) in [7, 11) is 0. The molecule has 0 saturated carbocycles. The fourth-order valence-corrected chi connectivity index (χ4v) is 5.38. The topological polar surface area (TPSA) is 41.3 Å². The average molecular weight is 426 g/mol. The Hall–Kier alpha value is -2.04. The summed E-state index contributed by atoms with van der Waals surface area (Å²) in [4.78, 5) is 7.50. The van der Waals surface area contributed by atoms with E-state index in [-0.39, 0.29) is 0 Å². The first-order chi connectivity index (χ1) is 14.4. The smallest absolute Gasteiger partial charge is 0.147 e. The third kappa shape index (κ3) is 3.95. The number of aromatic nitrogens is 2. The first-order valence-electron chi connectivity index (χ1n) is 11.0. The number of halogens is 1. The fourth-order valence-electron chi connectivity index (χ4n) is 5.06. The van der Waals surface area contributed by atoms with Gasteiger partial charge in [0.15, 0.2) is 0 Å². The molecule has 1 fully saturated rings. The largest absolute Gasteiger partial charge is 0.396 e. The number of aryl methyl sites for hydroxylation is 4. The van der Waals surface area contributed by atoms with E-state index in [1.54, 1.807) is 0 Å². The van der Waals surface area contributed by atoms with Crippen molar-refractivity contribution in [3.8, 4) is 5.69 Å². The Kier molecular flexibility index (Phi) is 6.08. The van der Waals surface area contributed by atoms with E-state index in [0.717, 1.165) is 59.3 Å². The van der Waals surface area contributed by atoms with Crippen LogP contribution in [0.2, 0.25) is 5.02 Å². The number of aliphatic hydroxyl groups excluding tert-OH is 1. The fraction of sp³-hybridized carbons (Fsp3) is 0.480. The van der Waals surface area contributed by atoms with Gasteiger partial charge in [-0.1, -0.05) is 11.6 Å². The Morgan fingerprint density at radius 1 is 1.03 bits per heavy atom. The van der Waals surface area contributed by atoms with E-state index in [9.17, 15) is 0 Å². The van der Waals surface area contributed by atoms with Gasteiger partial charge in [0.1, 0.15) is 5.65 Å². The van der Waals surface area contributed by atoms with Crippen LogP contribution in [0.25, 0.3) is 16.7 Å². The molecule has 1 aromatic carbocycles. The Morgan fingerprint density at radius 3 is 2.33 bits per heavy atom. The maximum Gasteiger partial charge on any atom is 0.147 e. The van der Waals surface area contributed by atoms with Gasteiger partial charge >= 0.3 is 0 Å². The van der Waals surface area contributed by atoms with Crippen molar-refractivity contribution in [2.45, 2.75) is 53.4 Å². The molecule has 30 heavy (non-hydrogen) atoms. The molecule has 1 saturated heterocycles. The van der Waals surface area contributed by atoms with Crippen LogP contribution in [0.4, 0.5) is 5.69 Å². The van der Waals surface area contributed by atoms with Crippen LogP contribution < -0.4 is 4.90 Å². The first-order valence-corrected chi connectivity index (χ1v) is 11.4. The lowest BCUT2D eigenvalue weighted by Crippen LogP contribution is -2.34. The zero-order chi connectivity index (χ0) is 21.4. The molecule has 0 atom stereocenters. The highest BCUT2D eigenvalue weighted by molar-refractivity contribution is 6.30. The number of benzene rings is 1. The van der Waals surface area contributed by atoms with E-state index >= 15 is 0 Å². The number of nitrogens with zero attached hydrogens (tertiary/aromatic N) is 3. The minimum atomic E-state index is 0.306. The van der Waals surface area contributed by atoms with Crippen LogP contribution in [0.3, 0.4) is 0 Å². The number of hydrogen-bond donors (Lipinski definition) is 1. The quantitative estimate of drug-likeness (QED) is 0.553. The average Bonchev–Trinajstić information content (AvgIpc) is 3.01. The van der Waals surface area contributed by atoms with Crippen LogP contribution in [0, 0.1) is 33.6 Å². The number of rotatable bonds is 5. The molecule has 1 N–H and O–H groups in total. The molecule has 0 radical (unpaired) electrons. The van der Waals surface area contributed by atoms with E-state index in [4.69, 9.17) is 21.7 Å². The summed E-state index contributed by atoms with van der Waals surface area (Å²) in [6.45, 7) is 10.9. The second-order valence-corrected chi connectivity index (χ2v) is 9.28. The molecule has 0 unspecified atom stereocenters. The number of fused-ring (bicyclic) bond motifs is 1. The lowest BCUT2D eigenvalue weighted by atomic mass is 9.92. The minimum absolute atomic E-state index is 0.306. The van der Waals surface area contributed by atoms with Crippen molar-refractivity contribution >= 4 is 28.3 Å². The van der Waals surface area contributed by atoms with Gasteiger partial charge in [-0.2, -0.15) is 0 Å². The summed E-state index contributed by atoms with van der Waals surface area (Å²) in [5.74, 6) is 0.733. The second-order valence-electron chi connectivity index (χ2n) is 8.85. The number of pyridine rings is 1. The molecule has 160 valence electrons. The molecule has 3 heterocycles. The minimum Gasteiger partial charge on any atom is -0.396 e. The molecular formula is C25H32ClN3O. The summed E-state index contributed by atoms with van der Waals surface area (Å²) < 4.78 is 2.25. The summed E-state index contributed by atoms with van der Waals surface area (Å²) in [6, 6.07) is 6.30. The van der Waals surface area contributed by atoms with Gasteiger partial charge in [-0.25, -0.2) is 4.98 Å². The third-order valence-electron chi connectivity index (χ3n) is 6.48. The van der Waals surface area contributed by atoms with Gasteiger partial charge < -0.3 is 14.6 Å². The molecule has 0 spiro atoms.